The van der Waals surface area contributed by atoms with E-state index in [1.54, 1.807) is 0 Å². The minimum absolute atomic E-state index is 0.691. The largest absolute Gasteiger partial charge is 0.259 e. The van der Waals surface area contributed by atoms with Crippen molar-refractivity contribution < 1.29 is 4.21 Å². The summed E-state index contributed by atoms with van der Waals surface area (Å²) in [6.07, 6.45) is 2.18. The molecule has 0 radical (unpaired) electrons. The van der Waals surface area contributed by atoms with E-state index in [0.29, 0.717) is 5.75 Å². The van der Waals surface area contributed by atoms with E-state index in [9.17, 15) is 4.21 Å². The predicted octanol–water partition coefficient (Wildman–Crippen LogP) is 3.63. The van der Waals surface area contributed by atoms with Crippen LogP contribution in [-0.4, -0.2) is 9.96 Å². The Morgan fingerprint density at radius 1 is 1.20 bits per heavy atom. The second-order valence-corrected chi connectivity index (χ2v) is 5.73. The molecule has 0 saturated carbocycles. The molecule has 15 heavy (non-hydrogen) atoms. The van der Waals surface area contributed by atoms with Gasteiger partial charge in [-0.25, -0.2) is 0 Å². The maximum atomic E-state index is 11.6. The third kappa shape index (κ3) is 4.94. The standard InChI is InChI=1S/C12H17BrOS/c1-2-3-8-15(14)10-12-6-4-11(9-13)5-7-12/h4-7H,2-3,8-10H2,1H3. The molecule has 0 heterocycles. The molecule has 1 atom stereocenters. The summed E-state index contributed by atoms with van der Waals surface area (Å²) in [5, 5.41) is 0.881. The molecule has 0 aliphatic rings. The topological polar surface area (TPSA) is 17.1 Å². The lowest BCUT2D eigenvalue weighted by Crippen LogP contribution is -2.00. The molecule has 1 unspecified atom stereocenters. The van der Waals surface area contributed by atoms with Gasteiger partial charge in [0.25, 0.3) is 0 Å². The van der Waals surface area contributed by atoms with Gasteiger partial charge in [0.15, 0.2) is 0 Å². The van der Waals surface area contributed by atoms with Crippen LogP contribution in [0.5, 0.6) is 0 Å². The average Bonchev–Trinajstić information content (AvgIpc) is 2.27. The summed E-state index contributed by atoms with van der Waals surface area (Å²) >= 11 is 3.41. The molecule has 0 N–H and O–H groups in total. The first kappa shape index (κ1) is 12.9. The van der Waals surface area contributed by atoms with Gasteiger partial charge in [-0.15, -0.1) is 0 Å². The molecule has 1 nitrogen and oxygen atoms in total. The second-order valence-electron chi connectivity index (χ2n) is 3.59. The molecule has 0 aliphatic carbocycles. The fraction of sp³-hybridized carbons (Fsp3) is 0.500. The highest BCUT2D eigenvalue weighted by molar-refractivity contribution is 9.08. The highest BCUT2D eigenvalue weighted by Gasteiger charge is 2.01. The number of unbranched alkanes of at least 4 members (excludes halogenated alkanes) is 1. The SMILES string of the molecule is CCCCS(=O)Cc1ccc(CBr)cc1. The molecule has 0 aliphatic heterocycles. The number of halogens is 1. The van der Waals surface area contributed by atoms with Gasteiger partial charge in [-0.1, -0.05) is 53.5 Å². The monoisotopic (exact) mass is 288 g/mol. The third-order valence-corrected chi connectivity index (χ3v) is 4.28. The first-order chi connectivity index (χ1) is 7.26. The molecular weight excluding hydrogens is 272 g/mol. The minimum Gasteiger partial charge on any atom is -0.259 e. The maximum Gasteiger partial charge on any atom is 0.0485 e. The van der Waals surface area contributed by atoms with Crippen LogP contribution in [0.3, 0.4) is 0 Å². The first-order valence-electron chi connectivity index (χ1n) is 5.25. The van der Waals surface area contributed by atoms with E-state index >= 15 is 0 Å². The van der Waals surface area contributed by atoms with Gasteiger partial charge in [0.05, 0.1) is 0 Å². The van der Waals surface area contributed by atoms with Crippen LogP contribution in [0.25, 0.3) is 0 Å². The van der Waals surface area contributed by atoms with E-state index in [2.05, 4.69) is 47.1 Å². The zero-order valence-electron chi connectivity index (χ0n) is 9.04. The molecule has 1 aromatic carbocycles. The predicted molar refractivity (Wildman–Crippen MR) is 70.7 cm³/mol. The van der Waals surface area contributed by atoms with Crippen LogP contribution in [0.2, 0.25) is 0 Å². The lowest BCUT2D eigenvalue weighted by molar-refractivity contribution is 0.679. The van der Waals surface area contributed by atoms with Crippen molar-refractivity contribution in [2.45, 2.75) is 30.8 Å². The Bertz CT molecular complexity index is 308. The van der Waals surface area contributed by atoms with E-state index in [0.717, 1.165) is 23.9 Å². The zero-order chi connectivity index (χ0) is 11.1. The van der Waals surface area contributed by atoms with Gasteiger partial charge in [0, 0.05) is 27.6 Å². The van der Waals surface area contributed by atoms with Crippen LogP contribution in [0.1, 0.15) is 30.9 Å². The van der Waals surface area contributed by atoms with Crippen LogP contribution in [0.15, 0.2) is 24.3 Å². The molecule has 0 amide bonds. The summed E-state index contributed by atoms with van der Waals surface area (Å²) in [7, 11) is -0.691. The third-order valence-electron chi connectivity index (χ3n) is 2.23. The van der Waals surface area contributed by atoms with Gasteiger partial charge in [-0.2, -0.15) is 0 Å². The number of alkyl halides is 1. The summed E-state index contributed by atoms with van der Waals surface area (Å²) in [6, 6.07) is 8.31. The van der Waals surface area contributed by atoms with Gasteiger partial charge >= 0.3 is 0 Å². The molecule has 0 aromatic heterocycles. The molecule has 3 heteroatoms. The van der Waals surface area contributed by atoms with Crippen molar-refractivity contribution in [3.8, 4) is 0 Å². The van der Waals surface area contributed by atoms with Gasteiger partial charge in [0.2, 0.25) is 0 Å². The van der Waals surface area contributed by atoms with E-state index in [1.165, 1.54) is 11.1 Å². The normalized spacial score (nSPS) is 12.7. The number of benzene rings is 1. The van der Waals surface area contributed by atoms with Crippen molar-refractivity contribution in [2.24, 2.45) is 0 Å². The van der Waals surface area contributed by atoms with Crippen molar-refractivity contribution in [3.63, 3.8) is 0 Å². The van der Waals surface area contributed by atoms with Gasteiger partial charge in [0.1, 0.15) is 0 Å². The van der Waals surface area contributed by atoms with E-state index in [-0.39, 0.29) is 0 Å². The molecule has 0 fully saturated rings. The van der Waals surface area contributed by atoms with Crippen LogP contribution >= 0.6 is 15.9 Å². The maximum absolute atomic E-state index is 11.6. The fourth-order valence-electron chi connectivity index (χ4n) is 1.29. The summed E-state index contributed by atoms with van der Waals surface area (Å²) in [4.78, 5) is 0. The Hall–Kier alpha value is -0.150. The van der Waals surface area contributed by atoms with Gasteiger partial charge < -0.3 is 0 Å². The molecule has 1 aromatic rings. The summed E-state index contributed by atoms with van der Waals surface area (Å²) in [6.45, 7) is 2.13. The van der Waals surface area contributed by atoms with Crippen molar-refractivity contribution in [2.75, 3.05) is 5.75 Å². The number of hydrogen-bond donors (Lipinski definition) is 0. The average molecular weight is 289 g/mol. The molecule has 0 saturated heterocycles. The van der Waals surface area contributed by atoms with E-state index in [4.69, 9.17) is 0 Å². The van der Waals surface area contributed by atoms with Crippen LogP contribution in [0.4, 0.5) is 0 Å². The lowest BCUT2D eigenvalue weighted by Gasteiger charge is -2.02. The highest BCUT2D eigenvalue weighted by Crippen LogP contribution is 2.10. The van der Waals surface area contributed by atoms with Gasteiger partial charge in [-0.05, 0) is 17.5 Å². The fourth-order valence-corrected chi connectivity index (χ4v) is 2.98. The van der Waals surface area contributed by atoms with E-state index in [1.807, 2.05) is 0 Å². The molecule has 84 valence electrons. The smallest absolute Gasteiger partial charge is 0.0485 e. The Balaban J connectivity index is 2.46. The Morgan fingerprint density at radius 3 is 2.33 bits per heavy atom. The molecule has 0 bridgehead atoms. The summed E-state index contributed by atoms with van der Waals surface area (Å²) in [5.74, 6) is 1.53. The quantitative estimate of drug-likeness (QED) is 0.731. The second kappa shape index (κ2) is 7.18. The van der Waals surface area contributed by atoms with Crippen molar-refractivity contribution >= 4 is 26.7 Å². The van der Waals surface area contributed by atoms with E-state index < -0.39 is 10.8 Å². The Kier molecular flexibility index (Phi) is 6.18. The Labute approximate surface area is 103 Å². The van der Waals surface area contributed by atoms with Gasteiger partial charge in [-0.3, -0.25) is 4.21 Å². The van der Waals surface area contributed by atoms with Crippen LogP contribution < -0.4 is 0 Å². The summed E-state index contributed by atoms with van der Waals surface area (Å²) in [5.41, 5.74) is 2.44. The molecule has 1 rings (SSSR count). The number of rotatable bonds is 6. The highest BCUT2D eigenvalue weighted by atomic mass is 79.9. The van der Waals surface area contributed by atoms with Crippen LogP contribution in [0, 0.1) is 0 Å². The Morgan fingerprint density at radius 2 is 1.80 bits per heavy atom. The number of hydrogen-bond acceptors (Lipinski definition) is 1. The molecular formula is C12H17BrOS. The minimum atomic E-state index is -0.691. The first-order valence-corrected chi connectivity index (χ1v) is 7.86. The lowest BCUT2D eigenvalue weighted by atomic mass is 10.2. The van der Waals surface area contributed by atoms with Crippen molar-refractivity contribution in [1.82, 2.24) is 0 Å². The molecule has 0 spiro atoms. The van der Waals surface area contributed by atoms with Crippen molar-refractivity contribution in [1.29, 1.82) is 0 Å². The van der Waals surface area contributed by atoms with Crippen LogP contribution in [-0.2, 0) is 21.9 Å². The van der Waals surface area contributed by atoms with Crippen molar-refractivity contribution in [3.05, 3.63) is 35.4 Å². The zero-order valence-corrected chi connectivity index (χ0v) is 11.4. The summed E-state index contributed by atoms with van der Waals surface area (Å²) < 4.78 is 11.6.